The molecule has 1 saturated carbocycles. The van der Waals surface area contributed by atoms with E-state index in [1.54, 1.807) is 19.1 Å². The standard InChI is InChI=1S/C23H30ClFN2O2/c1-15-18(13-26-17-9-6-4-3-5-7-10-17)22(23(28)29)16(2)27(15)14-19-20(24)11-8-12-21(19)25/h8,11-12,17,26H,3-7,9-10,13-14H2,1-2H3,(H,28,29). The normalized spacial score (nSPS) is 15.9. The van der Waals surface area contributed by atoms with Crippen LogP contribution >= 0.6 is 11.6 Å². The third kappa shape index (κ3) is 5.01. The van der Waals surface area contributed by atoms with Crippen LogP contribution in [0.2, 0.25) is 5.02 Å². The van der Waals surface area contributed by atoms with Gasteiger partial charge < -0.3 is 15.0 Å². The molecule has 0 spiro atoms. The Morgan fingerprint density at radius 1 is 1.14 bits per heavy atom. The Bertz CT molecular complexity index is 850. The van der Waals surface area contributed by atoms with Crippen LogP contribution in [0.1, 0.15) is 77.8 Å². The lowest BCUT2D eigenvalue weighted by atomic mass is 9.96. The fourth-order valence-electron chi connectivity index (χ4n) is 4.43. The number of benzene rings is 1. The Hall–Kier alpha value is -1.85. The molecule has 0 amide bonds. The summed E-state index contributed by atoms with van der Waals surface area (Å²) in [6, 6.07) is 5.03. The molecule has 0 radical (unpaired) electrons. The fraction of sp³-hybridized carbons (Fsp3) is 0.522. The fourth-order valence-corrected chi connectivity index (χ4v) is 4.66. The van der Waals surface area contributed by atoms with Crippen LogP contribution in [0.15, 0.2) is 18.2 Å². The number of nitrogens with zero attached hydrogens (tertiary/aromatic N) is 1. The van der Waals surface area contributed by atoms with E-state index in [2.05, 4.69) is 5.32 Å². The van der Waals surface area contributed by atoms with E-state index in [1.807, 2.05) is 11.5 Å². The molecule has 6 heteroatoms. The van der Waals surface area contributed by atoms with Crippen molar-refractivity contribution in [2.24, 2.45) is 0 Å². The second-order valence-corrected chi connectivity index (χ2v) is 8.45. The molecule has 1 aliphatic carbocycles. The number of hydrogen-bond acceptors (Lipinski definition) is 2. The van der Waals surface area contributed by atoms with Gasteiger partial charge in [0.2, 0.25) is 0 Å². The van der Waals surface area contributed by atoms with Crippen LogP contribution in [-0.4, -0.2) is 21.7 Å². The van der Waals surface area contributed by atoms with Gasteiger partial charge in [-0.15, -0.1) is 0 Å². The first-order valence-corrected chi connectivity index (χ1v) is 10.9. The zero-order valence-electron chi connectivity index (χ0n) is 17.2. The first-order chi connectivity index (χ1) is 13.9. The van der Waals surface area contributed by atoms with E-state index in [0.717, 1.165) is 24.1 Å². The molecule has 2 N–H and O–H groups in total. The van der Waals surface area contributed by atoms with Gasteiger partial charge in [-0.2, -0.15) is 0 Å². The van der Waals surface area contributed by atoms with Crippen molar-refractivity contribution >= 4 is 17.6 Å². The smallest absolute Gasteiger partial charge is 0.337 e. The van der Waals surface area contributed by atoms with Crippen molar-refractivity contribution in [3.05, 3.63) is 57.1 Å². The van der Waals surface area contributed by atoms with Gasteiger partial charge in [-0.3, -0.25) is 0 Å². The monoisotopic (exact) mass is 420 g/mol. The molecule has 2 aromatic rings. The van der Waals surface area contributed by atoms with Crippen molar-refractivity contribution < 1.29 is 14.3 Å². The van der Waals surface area contributed by atoms with E-state index in [9.17, 15) is 14.3 Å². The minimum absolute atomic E-state index is 0.215. The van der Waals surface area contributed by atoms with E-state index in [4.69, 9.17) is 11.6 Å². The highest BCUT2D eigenvalue weighted by Gasteiger charge is 2.24. The molecular formula is C23H30ClFN2O2. The summed E-state index contributed by atoms with van der Waals surface area (Å²) in [6.07, 6.45) is 8.56. The minimum atomic E-state index is -0.946. The third-order valence-corrected chi connectivity index (χ3v) is 6.53. The summed E-state index contributed by atoms with van der Waals surface area (Å²) in [5.74, 6) is -1.32. The van der Waals surface area contributed by atoms with Crippen molar-refractivity contribution in [1.82, 2.24) is 9.88 Å². The number of carbonyl (C=O) groups is 1. The summed E-state index contributed by atoms with van der Waals surface area (Å²) in [7, 11) is 0. The molecule has 0 bridgehead atoms. The van der Waals surface area contributed by atoms with Gasteiger partial charge in [0.25, 0.3) is 0 Å². The molecule has 1 aliphatic rings. The summed E-state index contributed by atoms with van der Waals surface area (Å²) in [6.45, 7) is 4.41. The molecular weight excluding hydrogens is 391 g/mol. The van der Waals surface area contributed by atoms with Gasteiger partial charge in [0.1, 0.15) is 5.82 Å². The van der Waals surface area contributed by atoms with Crippen LogP contribution in [0, 0.1) is 19.7 Å². The molecule has 158 valence electrons. The van der Waals surface area contributed by atoms with Crippen molar-refractivity contribution in [3.8, 4) is 0 Å². The summed E-state index contributed by atoms with van der Waals surface area (Å²) in [4.78, 5) is 12.0. The lowest BCUT2D eigenvalue weighted by Gasteiger charge is -2.21. The summed E-state index contributed by atoms with van der Waals surface area (Å²) in [5, 5.41) is 13.8. The van der Waals surface area contributed by atoms with Crippen LogP contribution in [0.4, 0.5) is 4.39 Å². The first kappa shape index (κ1) is 21.8. The van der Waals surface area contributed by atoms with Crippen molar-refractivity contribution in [2.45, 2.75) is 77.9 Å². The minimum Gasteiger partial charge on any atom is -0.478 e. The Balaban J connectivity index is 1.87. The third-order valence-electron chi connectivity index (χ3n) is 6.17. The summed E-state index contributed by atoms with van der Waals surface area (Å²) in [5.41, 5.74) is 2.95. The number of carboxylic acid groups (broad SMARTS) is 1. The van der Waals surface area contributed by atoms with Gasteiger partial charge in [0.15, 0.2) is 0 Å². The second-order valence-electron chi connectivity index (χ2n) is 8.04. The number of carboxylic acids is 1. The Labute approximate surface area is 177 Å². The summed E-state index contributed by atoms with van der Waals surface area (Å²) < 4.78 is 16.2. The number of hydrogen-bond donors (Lipinski definition) is 2. The van der Waals surface area contributed by atoms with Crippen LogP contribution in [0.25, 0.3) is 0 Å². The number of halogens is 2. The first-order valence-electron chi connectivity index (χ1n) is 10.5. The second kappa shape index (κ2) is 9.77. The van der Waals surface area contributed by atoms with Crippen LogP contribution < -0.4 is 5.32 Å². The molecule has 0 unspecified atom stereocenters. The van der Waals surface area contributed by atoms with Gasteiger partial charge in [-0.1, -0.05) is 49.8 Å². The van der Waals surface area contributed by atoms with Gasteiger partial charge >= 0.3 is 5.97 Å². The summed E-state index contributed by atoms with van der Waals surface area (Å²) >= 11 is 6.20. The van der Waals surface area contributed by atoms with Gasteiger partial charge in [0, 0.05) is 40.1 Å². The Kier molecular flexibility index (Phi) is 7.36. The predicted molar refractivity (Wildman–Crippen MR) is 114 cm³/mol. The van der Waals surface area contributed by atoms with Crippen molar-refractivity contribution in [3.63, 3.8) is 0 Å². The number of aromatic nitrogens is 1. The van der Waals surface area contributed by atoms with E-state index in [1.165, 1.54) is 38.2 Å². The van der Waals surface area contributed by atoms with Crippen molar-refractivity contribution in [2.75, 3.05) is 0 Å². The highest BCUT2D eigenvalue weighted by molar-refractivity contribution is 6.31. The molecule has 4 nitrogen and oxygen atoms in total. The Morgan fingerprint density at radius 2 is 1.79 bits per heavy atom. The van der Waals surface area contributed by atoms with Crippen LogP contribution in [-0.2, 0) is 13.1 Å². The molecule has 0 saturated heterocycles. The molecule has 29 heavy (non-hydrogen) atoms. The van der Waals surface area contributed by atoms with Crippen molar-refractivity contribution in [1.29, 1.82) is 0 Å². The maximum absolute atomic E-state index is 14.3. The maximum Gasteiger partial charge on any atom is 0.337 e. The van der Waals surface area contributed by atoms with E-state index >= 15 is 0 Å². The van der Waals surface area contributed by atoms with E-state index in [-0.39, 0.29) is 12.4 Å². The quantitative estimate of drug-likeness (QED) is 0.616. The predicted octanol–water partition coefficient (Wildman–Crippen LogP) is 5.85. The van der Waals surface area contributed by atoms with E-state index in [0.29, 0.717) is 34.4 Å². The molecule has 1 fully saturated rings. The van der Waals surface area contributed by atoms with Gasteiger partial charge in [0.05, 0.1) is 12.1 Å². The van der Waals surface area contributed by atoms with Crippen LogP contribution in [0.3, 0.4) is 0 Å². The molecule has 0 aliphatic heterocycles. The zero-order valence-corrected chi connectivity index (χ0v) is 18.0. The van der Waals surface area contributed by atoms with Crippen LogP contribution in [0.5, 0.6) is 0 Å². The molecule has 1 aromatic heterocycles. The SMILES string of the molecule is Cc1c(CNC2CCCCCCC2)c(C(=O)O)c(C)n1Cc1c(F)cccc1Cl. The largest absolute Gasteiger partial charge is 0.478 e. The lowest BCUT2D eigenvalue weighted by molar-refractivity contribution is 0.0694. The number of aromatic carboxylic acids is 1. The number of nitrogens with one attached hydrogen (secondary N) is 1. The maximum atomic E-state index is 14.3. The lowest BCUT2D eigenvalue weighted by Crippen LogP contribution is -2.30. The highest BCUT2D eigenvalue weighted by atomic mass is 35.5. The molecule has 1 aromatic carbocycles. The average molecular weight is 421 g/mol. The molecule has 3 rings (SSSR count). The average Bonchev–Trinajstić information content (AvgIpc) is 2.87. The van der Waals surface area contributed by atoms with Gasteiger partial charge in [-0.05, 0) is 38.8 Å². The molecule has 0 atom stereocenters. The van der Waals surface area contributed by atoms with Gasteiger partial charge in [-0.25, -0.2) is 9.18 Å². The zero-order chi connectivity index (χ0) is 21.0. The highest BCUT2D eigenvalue weighted by Crippen LogP contribution is 2.27. The topological polar surface area (TPSA) is 54.3 Å². The molecule has 1 heterocycles. The van der Waals surface area contributed by atoms with E-state index < -0.39 is 5.97 Å². The number of rotatable bonds is 6. The Morgan fingerprint density at radius 3 is 2.41 bits per heavy atom.